The predicted octanol–water partition coefficient (Wildman–Crippen LogP) is -0.429. The lowest BCUT2D eigenvalue weighted by atomic mass is 10.3. The molecule has 0 unspecified atom stereocenters. The molecule has 0 saturated carbocycles. The van der Waals surface area contributed by atoms with Crippen molar-refractivity contribution in [3.05, 3.63) is 5.01 Å². The van der Waals surface area contributed by atoms with E-state index in [1.54, 1.807) is 0 Å². The summed E-state index contributed by atoms with van der Waals surface area (Å²) in [5.74, 6) is 5.25. The summed E-state index contributed by atoms with van der Waals surface area (Å²) in [6, 6.07) is 0. The number of nitrogens with one attached hydrogen (secondary N) is 1. The molecule has 3 N–H and O–H groups in total. The van der Waals surface area contributed by atoms with Gasteiger partial charge in [-0.2, -0.15) is 0 Å². The summed E-state index contributed by atoms with van der Waals surface area (Å²) in [5.41, 5.74) is 2.51. The minimum absolute atomic E-state index is 0.680. The Balaban J connectivity index is 1.86. The van der Waals surface area contributed by atoms with E-state index in [4.69, 9.17) is 5.84 Å². The molecular weight excluding hydrogens is 212 g/mol. The van der Waals surface area contributed by atoms with Gasteiger partial charge >= 0.3 is 0 Å². The zero-order chi connectivity index (χ0) is 10.7. The number of nitrogens with zero attached hydrogens (tertiary/aromatic N) is 4. The van der Waals surface area contributed by atoms with Crippen LogP contribution >= 0.6 is 11.3 Å². The first-order valence-electron chi connectivity index (χ1n) is 4.98. The molecule has 84 valence electrons. The number of hydrogen-bond acceptors (Lipinski definition) is 7. The van der Waals surface area contributed by atoms with Crippen LogP contribution in [-0.2, 0) is 6.54 Å². The first-order chi connectivity index (χ1) is 7.28. The second-order valence-corrected chi connectivity index (χ2v) is 4.79. The van der Waals surface area contributed by atoms with Crippen LogP contribution in [0.1, 0.15) is 5.01 Å². The van der Waals surface area contributed by atoms with Crippen molar-refractivity contribution in [3.8, 4) is 0 Å². The highest BCUT2D eigenvalue weighted by molar-refractivity contribution is 7.15. The van der Waals surface area contributed by atoms with Crippen molar-refractivity contribution in [3.63, 3.8) is 0 Å². The van der Waals surface area contributed by atoms with Gasteiger partial charge in [-0.15, -0.1) is 10.2 Å². The SMILES string of the molecule is CN1CCN(Cc2nnc(NN)s2)CC1. The van der Waals surface area contributed by atoms with E-state index in [2.05, 4.69) is 32.5 Å². The van der Waals surface area contributed by atoms with Crippen LogP contribution in [0.2, 0.25) is 0 Å². The third kappa shape index (κ3) is 2.85. The Bertz CT molecular complexity index is 306. The summed E-state index contributed by atoms with van der Waals surface area (Å²) in [6.45, 7) is 5.33. The van der Waals surface area contributed by atoms with Crippen LogP contribution in [0.5, 0.6) is 0 Å². The molecule has 2 heterocycles. The van der Waals surface area contributed by atoms with Gasteiger partial charge in [-0.3, -0.25) is 10.3 Å². The maximum atomic E-state index is 5.25. The first-order valence-corrected chi connectivity index (χ1v) is 5.79. The Kier molecular flexibility index (Phi) is 3.47. The van der Waals surface area contributed by atoms with Crippen molar-refractivity contribution < 1.29 is 0 Å². The molecule has 1 aliphatic heterocycles. The highest BCUT2D eigenvalue weighted by Gasteiger charge is 2.15. The lowest BCUT2D eigenvalue weighted by Crippen LogP contribution is -2.43. The molecule has 0 aliphatic carbocycles. The van der Waals surface area contributed by atoms with Gasteiger partial charge in [-0.25, -0.2) is 5.84 Å². The molecular formula is C8H16N6S. The topological polar surface area (TPSA) is 70.3 Å². The van der Waals surface area contributed by atoms with Gasteiger partial charge < -0.3 is 4.90 Å². The van der Waals surface area contributed by atoms with Crippen LogP contribution in [-0.4, -0.2) is 53.2 Å². The maximum Gasteiger partial charge on any atom is 0.219 e. The molecule has 0 atom stereocenters. The Morgan fingerprint density at radius 2 is 2.07 bits per heavy atom. The lowest BCUT2D eigenvalue weighted by molar-refractivity contribution is 0.148. The Morgan fingerprint density at radius 1 is 1.33 bits per heavy atom. The molecule has 0 aromatic carbocycles. The molecule has 0 bridgehead atoms. The third-order valence-corrected chi connectivity index (χ3v) is 3.38. The Hall–Kier alpha value is -0.760. The number of nitrogen functional groups attached to an aromatic ring is 1. The zero-order valence-corrected chi connectivity index (χ0v) is 9.63. The summed E-state index contributed by atoms with van der Waals surface area (Å²) in [6.07, 6.45) is 0. The predicted molar refractivity (Wildman–Crippen MR) is 60.5 cm³/mol. The first kappa shape index (κ1) is 10.7. The van der Waals surface area contributed by atoms with Crippen molar-refractivity contribution in [1.82, 2.24) is 20.0 Å². The second-order valence-electron chi connectivity index (χ2n) is 3.72. The minimum atomic E-state index is 0.680. The number of piperazine rings is 1. The van der Waals surface area contributed by atoms with Crippen molar-refractivity contribution in [2.75, 3.05) is 38.7 Å². The van der Waals surface area contributed by atoms with Gasteiger partial charge in [0.05, 0.1) is 6.54 Å². The summed E-state index contributed by atoms with van der Waals surface area (Å²) >= 11 is 1.51. The molecule has 15 heavy (non-hydrogen) atoms. The quantitative estimate of drug-likeness (QED) is 0.540. The van der Waals surface area contributed by atoms with Crippen LogP contribution < -0.4 is 11.3 Å². The number of hydrazine groups is 1. The summed E-state index contributed by atoms with van der Waals surface area (Å²) in [5, 5.41) is 9.68. The van der Waals surface area contributed by atoms with Gasteiger partial charge in [0.1, 0.15) is 5.01 Å². The number of rotatable bonds is 3. The van der Waals surface area contributed by atoms with Crippen LogP contribution in [0.25, 0.3) is 0 Å². The molecule has 0 radical (unpaired) electrons. The third-order valence-electron chi connectivity index (χ3n) is 2.55. The molecule has 0 spiro atoms. The van der Waals surface area contributed by atoms with E-state index >= 15 is 0 Å². The summed E-state index contributed by atoms with van der Waals surface area (Å²) in [7, 11) is 2.15. The summed E-state index contributed by atoms with van der Waals surface area (Å²) in [4.78, 5) is 4.73. The highest BCUT2D eigenvalue weighted by Crippen LogP contribution is 2.16. The van der Waals surface area contributed by atoms with Gasteiger partial charge in [-0.1, -0.05) is 11.3 Å². The molecule has 1 aliphatic rings. The van der Waals surface area contributed by atoms with E-state index in [1.165, 1.54) is 11.3 Å². The van der Waals surface area contributed by atoms with Gasteiger partial charge in [0.25, 0.3) is 0 Å². The Labute approximate surface area is 93.0 Å². The van der Waals surface area contributed by atoms with E-state index in [0.29, 0.717) is 5.13 Å². The zero-order valence-electron chi connectivity index (χ0n) is 8.81. The van der Waals surface area contributed by atoms with Crippen LogP contribution in [0.4, 0.5) is 5.13 Å². The average Bonchev–Trinajstić information content (AvgIpc) is 2.69. The Morgan fingerprint density at radius 3 is 2.67 bits per heavy atom. The number of likely N-dealkylation sites (N-methyl/N-ethyl adjacent to an activating group) is 1. The smallest absolute Gasteiger partial charge is 0.219 e. The lowest BCUT2D eigenvalue weighted by Gasteiger charge is -2.31. The fourth-order valence-electron chi connectivity index (χ4n) is 1.57. The number of aromatic nitrogens is 2. The largest absolute Gasteiger partial charge is 0.304 e. The minimum Gasteiger partial charge on any atom is -0.304 e. The molecule has 1 aromatic rings. The number of anilines is 1. The van der Waals surface area contributed by atoms with Crippen LogP contribution in [0.3, 0.4) is 0 Å². The highest BCUT2D eigenvalue weighted by atomic mass is 32.1. The molecule has 1 aromatic heterocycles. The average molecular weight is 228 g/mol. The van der Waals surface area contributed by atoms with E-state index in [0.717, 1.165) is 37.7 Å². The van der Waals surface area contributed by atoms with E-state index in [9.17, 15) is 0 Å². The van der Waals surface area contributed by atoms with Gasteiger partial charge in [0, 0.05) is 26.2 Å². The fraction of sp³-hybridized carbons (Fsp3) is 0.750. The van der Waals surface area contributed by atoms with E-state index in [-0.39, 0.29) is 0 Å². The molecule has 1 fully saturated rings. The van der Waals surface area contributed by atoms with Crippen molar-refractivity contribution in [2.24, 2.45) is 5.84 Å². The van der Waals surface area contributed by atoms with Crippen molar-refractivity contribution in [2.45, 2.75) is 6.54 Å². The molecule has 0 amide bonds. The number of nitrogens with two attached hydrogens (primary N) is 1. The molecule has 7 heteroatoms. The molecule has 1 saturated heterocycles. The number of hydrogen-bond donors (Lipinski definition) is 2. The normalized spacial score (nSPS) is 19.3. The van der Waals surface area contributed by atoms with E-state index in [1.807, 2.05) is 0 Å². The fourth-order valence-corrected chi connectivity index (χ4v) is 2.27. The van der Waals surface area contributed by atoms with Crippen LogP contribution in [0.15, 0.2) is 0 Å². The standard InChI is InChI=1S/C8H16N6S/c1-13-2-4-14(5-3-13)6-7-11-12-8(10-9)15-7/h2-6,9H2,1H3,(H,10,12). The molecule has 2 rings (SSSR count). The van der Waals surface area contributed by atoms with Gasteiger partial charge in [0.15, 0.2) is 0 Å². The van der Waals surface area contributed by atoms with Gasteiger partial charge in [-0.05, 0) is 7.05 Å². The summed E-state index contributed by atoms with van der Waals surface area (Å²) < 4.78 is 0. The van der Waals surface area contributed by atoms with Gasteiger partial charge in [0.2, 0.25) is 5.13 Å². The monoisotopic (exact) mass is 228 g/mol. The van der Waals surface area contributed by atoms with Crippen molar-refractivity contribution >= 4 is 16.5 Å². The second kappa shape index (κ2) is 4.84. The molecule has 6 nitrogen and oxygen atoms in total. The maximum absolute atomic E-state index is 5.25. The van der Waals surface area contributed by atoms with Crippen molar-refractivity contribution in [1.29, 1.82) is 0 Å². The van der Waals surface area contributed by atoms with E-state index < -0.39 is 0 Å². The van der Waals surface area contributed by atoms with Crippen LogP contribution in [0, 0.1) is 0 Å².